The summed E-state index contributed by atoms with van der Waals surface area (Å²) in [5.41, 5.74) is -1.06. The van der Waals surface area contributed by atoms with Crippen LogP contribution in [-0.2, 0) is 6.18 Å². The van der Waals surface area contributed by atoms with Crippen LogP contribution in [0.4, 0.5) is 13.2 Å². The lowest BCUT2D eigenvalue weighted by Gasteiger charge is -2.28. The third kappa shape index (κ3) is 4.14. The van der Waals surface area contributed by atoms with Gasteiger partial charge in [-0.2, -0.15) is 13.2 Å². The molecular formula is C15H17ClF3NO2. The summed E-state index contributed by atoms with van der Waals surface area (Å²) >= 11 is 5.84. The number of hydrogen-bond acceptors (Lipinski definition) is 2. The number of rotatable bonds is 3. The first-order valence-electron chi connectivity index (χ1n) is 7.09. The van der Waals surface area contributed by atoms with Crippen molar-refractivity contribution in [2.24, 2.45) is 5.92 Å². The largest absolute Gasteiger partial charge is 0.416 e. The number of hydrogen-bond donors (Lipinski definition) is 2. The molecule has 7 heteroatoms. The third-order valence-electron chi connectivity index (χ3n) is 3.98. The molecule has 22 heavy (non-hydrogen) atoms. The van der Waals surface area contributed by atoms with Gasteiger partial charge in [-0.1, -0.05) is 11.6 Å². The highest BCUT2D eigenvalue weighted by Crippen LogP contribution is 2.32. The first-order valence-corrected chi connectivity index (χ1v) is 7.47. The van der Waals surface area contributed by atoms with E-state index in [2.05, 4.69) is 5.32 Å². The van der Waals surface area contributed by atoms with E-state index in [0.717, 1.165) is 31.0 Å². The van der Waals surface area contributed by atoms with Crippen LogP contribution in [0, 0.1) is 5.92 Å². The lowest BCUT2D eigenvalue weighted by atomic mass is 9.86. The Morgan fingerprint density at radius 1 is 1.27 bits per heavy atom. The number of aliphatic hydroxyl groups excluding tert-OH is 1. The van der Waals surface area contributed by atoms with E-state index in [9.17, 15) is 18.0 Å². The van der Waals surface area contributed by atoms with Gasteiger partial charge in [0.1, 0.15) is 0 Å². The molecule has 1 saturated carbocycles. The van der Waals surface area contributed by atoms with E-state index in [1.807, 2.05) is 0 Å². The molecule has 0 heterocycles. The number of benzene rings is 1. The van der Waals surface area contributed by atoms with Gasteiger partial charge in [0.15, 0.2) is 0 Å². The standard InChI is InChI=1S/C15H17ClF3NO2/c16-13-6-3-10(15(17,18)19)7-12(13)14(22)20-11-4-1-9(8-21)2-5-11/h3,6-7,9,11,21H,1-2,4-5,8H2,(H,20,22)/t9-,11+. The SMILES string of the molecule is O=C(N[C@H]1CC[C@@H](CO)CC1)c1cc(C(F)(F)F)ccc1Cl. The van der Waals surface area contributed by atoms with Gasteiger partial charge in [0.05, 0.1) is 16.1 Å². The molecular weight excluding hydrogens is 319 g/mol. The summed E-state index contributed by atoms with van der Waals surface area (Å²) in [4.78, 5) is 12.2. The molecule has 0 radical (unpaired) electrons. The zero-order chi connectivity index (χ0) is 16.3. The van der Waals surface area contributed by atoms with Gasteiger partial charge in [-0.25, -0.2) is 0 Å². The number of carbonyl (C=O) groups is 1. The number of aliphatic hydroxyl groups is 1. The molecule has 1 aliphatic carbocycles. The molecule has 3 nitrogen and oxygen atoms in total. The van der Waals surface area contributed by atoms with E-state index in [4.69, 9.17) is 16.7 Å². The average molecular weight is 336 g/mol. The summed E-state index contributed by atoms with van der Waals surface area (Å²) in [6, 6.07) is 2.62. The Hall–Kier alpha value is -1.27. The molecule has 1 amide bonds. The van der Waals surface area contributed by atoms with Gasteiger partial charge in [-0.05, 0) is 49.8 Å². The van der Waals surface area contributed by atoms with E-state index in [1.165, 1.54) is 0 Å². The molecule has 0 atom stereocenters. The smallest absolute Gasteiger partial charge is 0.396 e. The summed E-state index contributed by atoms with van der Waals surface area (Å²) in [6.07, 6.45) is -1.53. The summed E-state index contributed by atoms with van der Waals surface area (Å²) < 4.78 is 38.1. The van der Waals surface area contributed by atoms with Gasteiger partial charge in [0, 0.05) is 12.6 Å². The number of alkyl halides is 3. The molecule has 122 valence electrons. The van der Waals surface area contributed by atoms with Crippen molar-refractivity contribution in [1.29, 1.82) is 0 Å². The Bertz CT molecular complexity index is 540. The van der Waals surface area contributed by atoms with Crippen molar-refractivity contribution in [3.63, 3.8) is 0 Å². The molecule has 0 saturated heterocycles. The molecule has 0 bridgehead atoms. The van der Waals surface area contributed by atoms with Gasteiger partial charge in [0.2, 0.25) is 0 Å². The predicted octanol–water partition coefficient (Wildman–Crippen LogP) is 3.64. The van der Waals surface area contributed by atoms with Crippen LogP contribution in [0.15, 0.2) is 18.2 Å². The second-order valence-electron chi connectivity index (χ2n) is 5.57. The molecule has 1 aromatic rings. The molecule has 0 aromatic heterocycles. The summed E-state index contributed by atoms with van der Waals surface area (Å²) in [6.45, 7) is 0.125. The Balaban J connectivity index is 2.06. The van der Waals surface area contributed by atoms with Crippen LogP contribution in [0.25, 0.3) is 0 Å². The van der Waals surface area contributed by atoms with Crippen LogP contribution in [0.5, 0.6) is 0 Å². The van der Waals surface area contributed by atoms with Crippen LogP contribution in [-0.4, -0.2) is 23.7 Å². The maximum Gasteiger partial charge on any atom is 0.416 e. The third-order valence-corrected chi connectivity index (χ3v) is 4.31. The van der Waals surface area contributed by atoms with Crippen molar-refractivity contribution >= 4 is 17.5 Å². The van der Waals surface area contributed by atoms with Crippen molar-refractivity contribution < 1.29 is 23.1 Å². The van der Waals surface area contributed by atoms with Gasteiger partial charge in [-0.15, -0.1) is 0 Å². The second-order valence-corrected chi connectivity index (χ2v) is 5.97. The van der Waals surface area contributed by atoms with Crippen LogP contribution >= 0.6 is 11.6 Å². The summed E-state index contributed by atoms with van der Waals surface area (Å²) in [5, 5.41) is 11.8. The maximum absolute atomic E-state index is 12.7. The summed E-state index contributed by atoms with van der Waals surface area (Å²) in [5.74, 6) is -0.353. The van der Waals surface area contributed by atoms with Crippen LogP contribution in [0.3, 0.4) is 0 Å². The highest BCUT2D eigenvalue weighted by molar-refractivity contribution is 6.33. The predicted molar refractivity (Wildman–Crippen MR) is 76.8 cm³/mol. The lowest BCUT2D eigenvalue weighted by molar-refractivity contribution is -0.137. The van der Waals surface area contributed by atoms with Gasteiger partial charge < -0.3 is 10.4 Å². The molecule has 2 N–H and O–H groups in total. The molecule has 0 aliphatic heterocycles. The molecule has 0 spiro atoms. The van der Waals surface area contributed by atoms with Crippen molar-refractivity contribution in [3.05, 3.63) is 34.3 Å². The quantitative estimate of drug-likeness (QED) is 0.886. The number of nitrogens with one attached hydrogen (secondary N) is 1. The lowest BCUT2D eigenvalue weighted by Crippen LogP contribution is -2.38. The molecule has 0 unspecified atom stereocenters. The minimum absolute atomic E-state index is 0.00505. The minimum Gasteiger partial charge on any atom is -0.396 e. The zero-order valence-corrected chi connectivity index (χ0v) is 12.5. The maximum atomic E-state index is 12.7. The first-order chi connectivity index (χ1) is 10.3. The highest BCUT2D eigenvalue weighted by atomic mass is 35.5. The van der Waals surface area contributed by atoms with E-state index in [-0.39, 0.29) is 29.2 Å². The second kappa shape index (κ2) is 6.87. The van der Waals surface area contributed by atoms with Gasteiger partial charge in [0.25, 0.3) is 5.91 Å². The fourth-order valence-corrected chi connectivity index (χ4v) is 2.83. The molecule has 2 rings (SSSR count). The van der Waals surface area contributed by atoms with E-state index in [0.29, 0.717) is 12.8 Å². The number of carbonyl (C=O) groups excluding carboxylic acids is 1. The Labute approximate surface area is 131 Å². The molecule has 1 fully saturated rings. The zero-order valence-electron chi connectivity index (χ0n) is 11.8. The van der Waals surface area contributed by atoms with Crippen molar-refractivity contribution in [1.82, 2.24) is 5.32 Å². The topological polar surface area (TPSA) is 49.3 Å². The number of amides is 1. The van der Waals surface area contributed by atoms with Gasteiger partial charge >= 0.3 is 6.18 Å². The normalized spacial score (nSPS) is 22.4. The van der Waals surface area contributed by atoms with Crippen LogP contribution in [0.1, 0.15) is 41.6 Å². The van der Waals surface area contributed by atoms with Crippen molar-refractivity contribution in [3.8, 4) is 0 Å². The van der Waals surface area contributed by atoms with Crippen molar-refractivity contribution in [2.75, 3.05) is 6.61 Å². The van der Waals surface area contributed by atoms with E-state index < -0.39 is 17.6 Å². The van der Waals surface area contributed by atoms with Crippen LogP contribution < -0.4 is 5.32 Å². The van der Waals surface area contributed by atoms with Crippen LogP contribution in [0.2, 0.25) is 5.02 Å². The minimum atomic E-state index is -4.52. The fourth-order valence-electron chi connectivity index (χ4n) is 2.63. The van der Waals surface area contributed by atoms with E-state index >= 15 is 0 Å². The molecule has 1 aliphatic rings. The Kier molecular flexibility index (Phi) is 5.34. The van der Waals surface area contributed by atoms with Crippen molar-refractivity contribution in [2.45, 2.75) is 37.9 Å². The number of halogens is 4. The first kappa shape index (κ1) is 17.1. The fraction of sp³-hybridized carbons (Fsp3) is 0.533. The monoisotopic (exact) mass is 335 g/mol. The average Bonchev–Trinajstić information content (AvgIpc) is 2.47. The summed E-state index contributed by atoms with van der Waals surface area (Å²) in [7, 11) is 0. The Morgan fingerprint density at radius 3 is 2.45 bits per heavy atom. The highest BCUT2D eigenvalue weighted by Gasteiger charge is 2.32. The molecule has 1 aromatic carbocycles. The van der Waals surface area contributed by atoms with E-state index in [1.54, 1.807) is 0 Å². The Morgan fingerprint density at radius 2 is 1.91 bits per heavy atom. The van der Waals surface area contributed by atoms with Gasteiger partial charge in [-0.3, -0.25) is 4.79 Å².